The van der Waals surface area contributed by atoms with E-state index in [1.165, 1.54) is 43.6 Å². The van der Waals surface area contributed by atoms with E-state index < -0.39 is 0 Å². The fourth-order valence-corrected chi connectivity index (χ4v) is 6.67. The topological polar surface area (TPSA) is 80.2 Å². The van der Waals surface area contributed by atoms with Gasteiger partial charge in [-0.05, 0) is 69.7 Å². The van der Waals surface area contributed by atoms with Gasteiger partial charge in [-0.15, -0.1) is 0 Å². The number of hydrogen-bond acceptors (Lipinski definition) is 7. The summed E-state index contributed by atoms with van der Waals surface area (Å²) in [5.74, 6) is 0.932. The highest BCUT2D eigenvalue weighted by Crippen LogP contribution is 2.37. The summed E-state index contributed by atoms with van der Waals surface area (Å²) in [6.07, 6.45) is 13.4. The molecule has 8 heteroatoms. The van der Waals surface area contributed by atoms with E-state index >= 15 is 0 Å². The number of anilines is 1. The summed E-state index contributed by atoms with van der Waals surface area (Å²) in [4.78, 5) is 29.0. The standard InChI is InChI=1S/C27H33N5O2S/c1-17-5-4-10-32(17)21-11-19(12-21)26(33)31-27-30-23-9-8-18(13-24(23)35-27)20-14-28-25(29-15-20)16-34-22-6-2-3-7-22/h8-9,13-15,17,19,21-22H,2-7,10-12,16H2,1H3,(H,30,31,33). The van der Waals surface area contributed by atoms with Gasteiger partial charge in [0.15, 0.2) is 11.0 Å². The van der Waals surface area contributed by atoms with Gasteiger partial charge in [-0.2, -0.15) is 0 Å². The minimum absolute atomic E-state index is 0.101. The number of carbonyl (C=O) groups is 1. The van der Waals surface area contributed by atoms with Crippen LogP contribution in [0.25, 0.3) is 21.3 Å². The van der Waals surface area contributed by atoms with Gasteiger partial charge in [0.1, 0.15) is 6.61 Å². The summed E-state index contributed by atoms with van der Waals surface area (Å²) in [7, 11) is 0. The average Bonchev–Trinajstić information content (AvgIpc) is 3.58. The Morgan fingerprint density at radius 2 is 1.91 bits per heavy atom. The van der Waals surface area contributed by atoms with Crippen LogP contribution in [-0.4, -0.2) is 50.5 Å². The Morgan fingerprint density at radius 3 is 2.66 bits per heavy atom. The van der Waals surface area contributed by atoms with E-state index in [1.807, 2.05) is 24.5 Å². The van der Waals surface area contributed by atoms with Crippen LogP contribution < -0.4 is 5.32 Å². The number of rotatable bonds is 7. The lowest BCUT2D eigenvalue weighted by molar-refractivity contribution is -0.124. The lowest BCUT2D eigenvalue weighted by Gasteiger charge is -2.42. The van der Waals surface area contributed by atoms with Crippen LogP contribution in [-0.2, 0) is 16.1 Å². The molecule has 1 aliphatic heterocycles. The van der Waals surface area contributed by atoms with Crippen LogP contribution in [0.4, 0.5) is 5.13 Å². The van der Waals surface area contributed by atoms with Crippen LogP contribution in [0, 0.1) is 5.92 Å². The quantitative estimate of drug-likeness (QED) is 0.476. The Bertz CT molecular complexity index is 1180. The Balaban J connectivity index is 1.06. The first-order chi connectivity index (χ1) is 17.1. The number of nitrogens with zero attached hydrogens (tertiary/aromatic N) is 4. The Kier molecular flexibility index (Phi) is 6.52. The van der Waals surface area contributed by atoms with Crippen molar-refractivity contribution in [3.05, 3.63) is 36.4 Å². The van der Waals surface area contributed by atoms with Crippen molar-refractivity contribution in [2.24, 2.45) is 5.92 Å². The first-order valence-electron chi connectivity index (χ1n) is 13.0. The third kappa shape index (κ3) is 4.97. The third-order valence-electron chi connectivity index (χ3n) is 7.96. The first-order valence-corrected chi connectivity index (χ1v) is 13.8. The van der Waals surface area contributed by atoms with Crippen molar-refractivity contribution < 1.29 is 9.53 Å². The van der Waals surface area contributed by atoms with Crippen LogP contribution in [0.2, 0.25) is 0 Å². The predicted octanol–water partition coefficient (Wildman–Crippen LogP) is 5.41. The summed E-state index contributed by atoms with van der Waals surface area (Å²) >= 11 is 1.52. The smallest absolute Gasteiger partial charge is 0.229 e. The van der Waals surface area contributed by atoms with Gasteiger partial charge in [0.2, 0.25) is 5.91 Å². The monoisotopic (exact) mass is 491 g/mol. The second kappa shape index (κ2) is 9.91. The zero-order chi connectivity index (χ0) is 23.8. The highest BCUT2D eigenvalue weighted by Gasteiger charge is 2.40. The second-order valence-electron chi connectivity index (χ2n) is 10.3. The molecule has 2 saturated carbocycles. The molecule has 1 atom stereocenters. The Hall–Kier alpha value is -2.42. The molecule has 184 valence electrons. The minimum Gasteiger partial charge on any atom is -0.370 e. The number of benzene rings is 1. The zero-order valence-electron chi connectivity index (χ0n) is 20.3. The normalized spacial score (nSPS) is 25.2. The average molecular weight is 492 g/mol. The van der Waals surface area contributed by atoms with E-state index in [4.69, 9.17) is 4.74 Å². The molecule has 2 aliphatic carbocycles. The second-order valence-corrected chi connectivity index (χ2v) is 11.4. The van der Waals surface area contributed by atoms with Crippen LogP contribution in [0.5, 0.6) is 0 Å². The minimum atomic E-state index is 0.101. The molecule has 0 bridgehead atoms. The lowest BCUT2D eigenvalue weighted by atomic mass is 9.78. The van der Waals surface area contributed by atoms with Crippen molar-refractivity contribution in [2.45, 2.75) is 83.1 Å². The number of thiazole rings is 1. The number of ether oxygens (including phenoxy) is 1. The molecule has 3 fully saturated rings. The van der Waals surface area contributed by atoms with Gasteiger partial charge in [-0.3, -0.25) is 9.69 Å². The molecular formula is C27H33N5O2S. The van der Waals surface area contributed by atoms with Gasteiger partial charge >= 0.3 is 0 Å². The molecule has 3 heterocycles. The summed E-state index contributed by atoms with van der Waals surface area (Å²) in [5.41, 5.74) is 2.91. The van der Waals surface area contributed by atoms with Crippen molar-refractivity contribution in [3.63, 3.8) is 0 Å². The highest BCUT2D eigenvalue weighted by atomic mass is 32.1. The molecule has 0 radical (unpaired) electrons. The van der Waals surface area contributed by atoms with Crippen molar-refractivity contribution in [3.8, 4) is 11.1 Å². The fourth-order valence-electron chi connectivity index (χ4n) is 5.76. The van der Waals surface area contributed by atoms with Gasteiger partial charge in [0.25, 0.3) is 0 Å². The SMILES string of the molecule is CC1CCCN1C1CC(C(=O)Nc2nc3ccc(-c4cnc(COC5CCCC5)nc4)cc3s2)C1. The number of carbonyl (C=O) groups excluding carboxylic acids is 1. The van der Waals surface area contributed by atoms with Crippen LogP contribution in [0.1, 0.15) is 64.1 Å². The van der Waals surface area contributed by atoms with E-state index in [0.29, 0.717) is 29.9 Å². The van der Waals surface area contributed by atoms with E-state index in [0.717, 1.165) is 52.9 Å². The lowest BCUT2D eigenvalue weighted by Crippen LogP contribution is -2.49. The molecule has 7 nitrogen and oxygen atoms in total. The maximum atomic E-state index is 12.8. The first kappa shape index (κ1) is 23.0. The molecule has 1 amide bonds. The number of fused-ring (bicyclic) bond motifs is 1. The van der Waals surface area contributed by atoms with Crippen LogP contribution in [0.3, 0.4) is 0 Å². The van der Waals surface area contributed by atoms with Gasteiger partial charge in [0, 0.05) is 36.0 Å². The molecule has 6 rings (SSSR count). The molecule has 1 aromatic carbocycles. The van der Waals surface area contributed by atoms with Gasteiger partial charge in [-0.25, -0.2) is 15.0 Å². The molecule has 1 unspecified atom stereocenters. The number of likely N-dealkylation sites (tertiary alicyclic amines) is 1. The third-order valence-corrected chi connectivity index (χ3v) is 8.90. The molecule has 0 spiro atoms. The number of amides is 1. The van der Waals surface area contributed by atoms with Crippen molar-refractivity contribution in [2.75, 3.05) is 11.9 Å². The molecule has 35 heavy (non-hydrogen) atoms. The summed E-state index contributed by atoms with van der Waals surface area (Å²) in [5, 5.41) is 3.75. The fraction of sp³-hybridized carbons (Fsp3) is 0.556. The number of nitrogens with one attached hydrogen (secondary N) is 1. The van der Waals surface area contributed by atoms with Crippen molar-refractivity contribution in [1.82, 2.24) is 19.9 Å². The molecule has 1 saturated heterocycles. The molecule has 3 aromatic rings. The Labute approximate surface area is 210 Å². The number of aromatic nitrogens is 3. The zero-order valence-corrected chi connectivity index (χ0v) is 21.1. The summed E-state index contributed by atoms with van der Waals surface area (Å²) < 4.78 is 6.97. The molecule has 3 aliphatic rings. The van der Waals surface area contributed by atoms with Crippen molar-refractivity contribution in [1.29, 1.82) is 0 Å². The van der Waals surface area contributed by atoms with E-state index in [2.05, 4.69) is 38.2 Å². The van der Waals surface area contributed by atoms with Gasteiger partial charge < -0.3 is 10.1 Å². The van der Waals surface area contributed by atoms with E-state index in [-0.39, 0.29) is 11.8 Å². The van der Waals surface area contributed by atoms with Gasteiger partial charge in [0.05, 0.1) is 16.3 Å². The van der Waals surface area contributed by atoms with E-state index in [1.54, 1.807) is 0 Å². The van der Waals surface area contributed by atoms with Crippen LogP contribution >= 0.6 is 11.3 Å². The maximum absolute atomic E-state index is 12.8. The maximum Gasteiger partial charge on any atom is 0.229 e. The van der Waals surface area contributed by atoms with E-state index in [9.17, 15) is 4.79 Å². The van der Waals surface area contributed by atoms with Crippen LogP contribution in [0.15, 0.2) is 30.6 Å². The van der Waals surface area contributed by atoms with Gasteiger partial charge in [-0.1, -0.05) is 30.2 Å². The Morgan fingerprint density at radius 1 is 1.11 bits per heavy atom. The molecular weight excluding hydrogens is 458 g/mol. The van der Waals surface area contributed by atoms with Crippen molar-refractivity contribution >= 4 is 32.6 Å². The molecule has 2 aromatic heterocycles. The number of hydrogen-bond donors (Lipinski definition) is 1. The highest BCUT2D eigenvalue weighted by molar-refractivity contribution is 7.22. The molecule has 1 N–H and O–H groups in total. The predicted molar refractivity (Wildman–Crippen MR) is 138 cm³/mol. The summed E-state index contributed by atoms with van der Waals surface area (Å²) in [6, 6.07) is 7.37. The largest absolute Gasteiger partial charge is 0.370 e. The summed E-state index contributed by atoms with van der Waals surface area (Å²) in [6.45, 7) is 3.96.